The van der Waals surface area contributed by atoms with Crippen molar-refractivity contribution in [3.8, 4) is 0 Å². The number of carbonyl (C=O) groups is 1. The van der Waals surface area contributed by atoms with Crippen LogP contribution in [0.4, 0.5) is 0 Å². The van der Waals surface area contributed by atoms with Crippen LogP contribution in [0.3, 0.4) is 0 Å². The number of nitrogens with zero attached hydrogens (tertiary/aromatic N) is 1. The summed E-state index contributed by atoms with van der Waals surface area (Å²) in [6, 6.07) is 3.14. The molecule has 0 radical (unpaired) electrons. The first-order chi connectivity index (χ1) is 9.15. The maximum absolute atomic E-state index is 11.8. The monoisotopic (exact) mass is 320 g/mol. The van der Waals surface area contributed by atoms with E-state index in [1.165, 1.54) is 18.6 Å². The molecule has 6 heteroatoms. The number of aromatic nitrogens is 1. The van der Waals surface area contributed by atoms with E-state index in [4.69, 9.17) is 23.2 Å². The van der Waals surface area contributed by atoms with Gasteiger partial charge in [-0.1, -0.05) is 36.0 Å². The molecule has 1 N–H and O–H groups in total. The number of pyridine rings is 1. The Labute approximate surface area is 128 Å². The Bertz CT molecular complexity index is 416. The molecule has 1 aromatic heterocycles. The van der Waals surface area contributed by atoms with Gasteiger partial charge < -0.3 is 5.32 Å². The Morgan fingerprint density at radius 1 is 1.26 bits per heavy atom. The van der Waals surface area contributed by atoms with Crippen LogP contribution in [0.15, 0.2) is 12.1 Å². The number of hydrogen-bond acceptors (Lipinski definition) is 3. The van der Waals surface area contributed by atoms with Gasteiger partial charge in [-0.2, -0.15) is 11.8 Å². The Morgan fingerprint density at radius 3 is 2.74 bits per heavy atom. The van der Waals surface area contributed by atoms with Gasteiger partial charge in [0.15, 0.2) is 0 Å². The van der Waals surface area contributed by atoms with E-state index in [0.29, 0.717) is 11.6 Å². The van der Waals surface area contributed by atoms with E-state index in [2.05, 4.69) is 16.6 Å². The molecule has 1 heterocycles. The first kappa shape index (κ1) is 16.6. The highest BCUT2D eigenvalue weighted by molar-refractivity contribution is 7.98. The lowest BCUT2D eigenvalue weighted by Crippen LogP contribution is -2.25. The van der Waals surface area contributed by atoms with Crippen LogP contribution in [-0.2, 0) is 0 Å². The summed E-state index contributed by atoms with van der Waals surface area (Å²) < 4.78 is 0. The number of amides is 1. The van der Waals surface area contributed by atoms with E-state index >= 15 is 0 Å². The number of nitrogens with one attached hydrogen (secondary N) is 1. The van der Waals surface area contributed by atoms with Crippen molar-refractivity contribution in [1.29, 1.82) is 0 Å². The van der Waals surface area contributed by atoms with E-state index in [9.17, 15) is 4.79 Å². The number of rotatable bonds is 8. The van der Waals surface area contributed by atoms with Gasteiger partial charge in [-0.25, -0.2) is 4.98 Å². The van der Waals surface area contributed by atoms with Gasteiger partial charge in [0, 0.05) is 6.54 Å². The average molecular weight is 321 g/mol. The summed E-state index contributed by atoms with van der Waals surface area (Å²) in [5.41, 5.74) is 0.191. The van der Waals surface area contributed by atoms with Crippen molar-refractivity contribution in [2.45, 2.75) is 25.7 Å². The molecule has 0 aliphatic carbocycles. The van der Waals surface area contributed by atoms with Crippen LogP contribution in [-0.4, -0.2) is 29.4 Å². The lowest BCUT2D eigenvalue weighted by Gasteiger charge is -2.06. The molecule has 0 bridgehead atoms. The molecular weight excluding hydrogens is 303 g/mol. The van der Waals surface area contributed by atoms with Crippen molar-refractivity contribution < 1.29 is 4.79 Å². The Morgan fingerprint density at radius 2 is 2.00 bits per heavy atom. The average Bonchev–Trinajstić information content (AvgIpc) is 2.40. The summed E-state index contributed by atoms with van der Waals surface area (Å²) in [5.74, 6) is 0.936. The zero-order valence-electron chi connectivity index (χ0n) is 10.9. The minimum absolute atomic E-state index is 0.191. The van der Waals surface area contributed by atoms with Crippen LogP contribution in [0.5, 0.6) is 0 Å². The fraction of sp³-hybridized carbons (Fsp3) is 0.538. The van der Waals surface area contributed by atoms with Crippen LogP contribution < -0.4 is 5.32 Å². The summed E-state index contributed by atoms with van der Waals surface area (Å²) in [6.07, 6.45) is 6.64. The van der Waals surface area contributed by atoms with Crippen molar-refractivity contribution in [3.63, 3.8) is 0 Å². The van der Waals surface area contributed by atoms with Crippen molar-refractivity contribution in [1.82, 2.24) is 10.3 Å². The van der Waals surface area contributed by atoms with Crippen LogP contribution in [0.1, 0.15) is 36.2 Å². The van der Waals surface area contributed by atoms with Crippen molar-refractivity contribution in [2.75, 3.05) is 18.6 Å². The summed E-state index contributed by atoms with van der Waals surface area (Å²) in [6.45, 7) is 0.641. The van der Waals surface area contributed by atoms with E-state index in [-0.39, 0.29) is 16.8 Å². The van der Waals surface area contributed by atoms with E-state index in [1.807, 2.05) is 11.8 Å². The lowest BCUT2D eigenvalue weighted by molar-refractivity contribution is 0.0948. The maximum atomic E-state index is 11.8. The zero-order valence-corrected chi connectivity index (χ0v) is 13.2. The second-order valence-corrected chi connectivity index (χ2v) is 5.91. The molecule has 106 valence electrons. The minimum atomic E-state index is -0.267. The summed E-state index contributed by atoms with van der Waals surface area (Å²) in [4.78, 5) is 15.8. The van der Waals surface area contributed by atoms with Gasteiger partial charge in [-0.3, -0.25) is 4.79 Å². The SMILES string of the molecule is CSCCCCCCNC(=O)c1nc(Cl)ccc1Cl. The highest BCUT2D eigenvalue weighted by Crippen LogP contribution is 2.16. The largest absolute Gasteiger partial charge is 0.351 e. The van der Waals surface area contributed by atoms with Crippen LogP contribution in [0.25, 0.3) is 0 Å². The molecule has 1 aromatic rings. The first-order valence-electron chi connectivity index (χ1n) is 6.24. The smallest absolute Gasteiger partial charge is 0.271 e. The molecule has 0 unspecified atom stereocenters. The summed E-state index contributed by atoms with van der Waals surface area (Å²) in [5, 5.41) is 3.40. The van der Waals surface area contributed by atoms with Gasteiger partial charge in [0.05, 0.1) is 5.02 Å². The number of halogens is 2. The summed E-state index contributed by atoms with van der Waals surface area (Å²) in [7, 11) is 0. The first-order valence-corrected chi connectivity index (χ1v) is 8.39. The normalized spacial score (nSPS) is 10.5. The third-order valence-corrected chi connectivity index (χ3v) is 3.80. The third kappa shape index (κ3) is 6.50. The number of thioether (sulfide) groups is 1. The highest BCUT2D eigenvalue weighted by atomic mass is 35.5. The zero-order chi connectivity index (χ0) is 14.1. The minimum Gasteiger partial charge on any atom is -0.351 e. The number of hydrogen-bond donors (Lipinski definition) is 1. The predicted octanol–water partition coefficient (Wildman–Crippen LogP) is 4.04. The molecule has 19 heavy (non-hydrogen) atoms. The van der Waals surface area contributed by atoms with Gasteiger partial charge in [-0.05, 0) is 37.0 Å². The summed E-state index contributed by atoms with van der Waals surface area (Å²) >= 11 is 13.5. The van der Waals surface area contributed by atoms with Gasteiger partial charge >= 0.3 is 0 Å². The maximum Gasteiger partial charge on any atom is 0.271 e. The van der Waals surface area contributed by atoms with E-state index in [1.54, 1.807) is 12.1 Å². The van der Waals surface area contributed by atoms with Crippen molar-refractivity contribution in [3.05, 3.63) is 28.0 Å². The van der Waals surface area contributed by atoms with E-state index < -0.39 is 0 Å². The molecule has 0 spiro atoms. The van der Waals surface area contributed by atoms with Gasteiger partial charge in [0.1, 0.15) is 10.8 Å². The molecule has 3 nitrogen and oxygen atoms in total. The predicted molar refractivity (Wildman–Crippen MR) is 83.4 cm³/mol. The second kappa shape index (κ2) is 9.45. The van der Waals surface area contributed by atoms with Crippen LogP contribution in [0, 0.1) is 0 Å². The van der Waals surface area contributed by atoms with Gasteiger partial charge in [0.25, 0.3) is 5.91 Å². The molecule has 0 fully saturated rings. The number of carbonyl (C=O) groups excluding carboxylic acids is 1. The Hall–Kier alpha value is -0.450. The molecule has 0 atom stereocenters. The fourth-order valence-electron chi connectivity index (χ4n) is 1.59. The third-order valence-electron chi connectivity index (χ3n) is 2.59. The molecule has 0 aromatic carbocycles. The Kier molecular flexibility index (Phi) is 8.26. The standard InChI is InChI=1S/C13H18Cl2N2OS/c1-19-9-5-3-2-4-8-16-13(18)12-10(14)6-7-11(15)17-12/h6-7H,2-5,8-9H2,1H3,(H,16,18). The topological polar surface area (TPSA) is 42.0 Å². The second-order valence-electron chi connectivity index (χ2n) is 4.13. The van der Waals surface area contributed by atoms with Crippen molar-refractivity contribution >= 4 is 40.9 Å². The quantitative estimate of drug-likeness (QED) is 0.580. The highest BCUT2D eigenvalue weighted by Gasteiger charge is 2.11. The van der Waals surface area contributed by atoms with Gasteiger partial charge in [0.2, 0.25) is 0 Å². The van der Waals surface area contributed by atoms with E-state index in [0.717, 1.165) is 12.8 Å². The van der Waals surface area contributed by atoms with Gasteiger partial charge in [-0.15, -0.1) is 0 Å². The molecule has 1 amide bonds. The van der Waals surface area contributed by atoms with Crippen LogP contribution in [0.2, 0.25) is 10.2 Å². The molecule has 0 saturated carbocycles. The molecule has 1 rings (SSSR count). The molecular formula is C13H18Cl2N2OS. The van der Waals surface area contributed by atoms with Crippen LogP contribution >= 0.6 is 35.0 Å². The van der Waals surface area contributed by atoms with Crippen molar-refractivity contribution in [2.24, 2.45) is 0 Å². The molecule has 0 saturated heterocycles. The number of unbranched alkanes of at least 4 members (excludes halogenated alkanes) is 3. The Balaban J connectivity index is 2.26. The fourth-order valence-corrected chi connectivity index (χ4v) is 2.42. The molecule has 0 aliphatic rings. The lowest BCUT2D eigenvalue weighted by atomic mass is 10.2. The molecule has 0 aliphatic heterocycles.